The third-order valence-electron chi connectivity index (χ3n) is 3.19. The molecule has 0 saturated carbocycles. The van der Waals surface area contributed by atoms with Gasteiger partial charge in [0.2, 0.25) is 11.0 Å². The second kappa shape index (κ2) is 8.38. The molecule has 2 aromatic rings. The lowest BCUT2D eigenvalue weighted by molar-refractivity contribution is -0.117. The van der Waals surface area contributed by atoms with Crippen LogP contribution >= 0.6 is 23.7 Å². The van der Waals surface area contributed by atoms with Crippen LogP contribution in [-0.2, 0) is 4.79 Å². The van der Waals surface area contributed by atoms with Gasteiger partial charge in [0.25, 0.3) is 0 Å². The van der Waals surface area contributed by atoms with Gasteiger partial charge in [-0.3, -0.25) is 10.1 Å². The molecule has 0 spiro atoms. The van der Waals surface area contributed by atoms with Crippen molar-refractivity contribution in [1.29, 1.82) is 0 Å². The van der Waals surface area contributed by atoms with E-state index in [9.17, 15) is 4.79 Å². The number of hydrogen-bond acceptors (Lipinski definition) is 5. The first kappa shape index (κ1) is 19.5. The van der Waals surface area contributed by atoms with Crippen molar-refractivity contribution >= 4 is 34.8 Å². The van der Waals surface area contributed by atoms with Gasteiger partial charge in [0, 0.05) is 5.56 Å². The van der Waals surface area contributed by atoms with Gasteiger partial charge in [-0.25, -0.2) is 0 Å². The Balaban J connectivity index is 0.00000264. The quantitative estimate of drug-likeness (QED) is 0.860. The van der Waals surface area contributed by atoms with Crippen LogP contribution in [0.5, 0.6) is 0 Å². The molecular formula is C16H23ClN4OS. The number of halogens is 1. The Morgan fingerprint density at radius 1 is 1.22 bits per heavy atom. The minimum Gasteiger partial charge on any atom is -0.320 e. The van der Waals surface area contributed by atoms with Gasteiger partial charge < -0.3 is 5.73 Å². The molecule has 0 aliphatic rings. The van der Waals surface area contributed by atoms with E-state index >= 15 is 0 Å². The zero-order chi connectivity index (χ0) is 16.3. The van der Waals surface area contributed by atoms with Crippen LogP contribution in [0.25, 0.3) is 10.6 Å². The summed E-state index contributed by atoms with van der Waals surface area (Å²) in [4.78, 5) is 12.0. The topological polar surface area (TPSA) is 80.9 Å². The Bertz CT molecular complexity index is 652. The Hall–Kier alpha value is -1.50. The number of rotatable bonds is 5. The summed E-state index contributed by atoms with van der Waals surface area (Å²) < 4.78 is 0. The molecule has 0 saturated heterocycles. The summed E-state index contributed by atoms with van der Waals surface area (Å²) in [6, 6.07) is 5.71. The predicted octanol–water partition coefficient (Wildman–Crippen LogP) is 3.56. The number of carbonyl (C=O) groups excluding carboxylic acids is 1. The first-order valence-corrected chi connectivity index (χ1v) is 8.15. The van der Waals surface area contributed by atoms with Crippen LogP contribution in [0.3, 0.4) is 0 Å². The van der Waals surface area contributed by atoms with Crippen molar-refractivity contribution in [3.8, 4) is 10.6 Å². The van der Waals surface area contributed by atoms with Crippen LogP contribution in [0, 0.1) is 19.8 Å². The van der Waals surface area contributed by atoms with Gasteiger partial charge in [0.1, 0.15) is 5.01 Å². The number of hydrogen-bond donors (Lipinski definition) is 2. The van der Waals surface area contributed by atoms with Crippen molar-refractivity contribution in [3.63, 3.8) is 0 Å². The van der Waals surface area contributed by atoms with E-state index in [4.69, 9.17) is 5.73 Å². The van der Waals surface area contributed by atoms with E-state index in [1.165, 1.54) is 22.5 Å². The molecule has 5 nitrogen and oxygen atoms in total. The van der Waals surface area contributed by atoms with Crippen LogP contribution in [-0.4, -0.2) is 22.1 Å². The van der Waals surface area contributed by atoms with Crippen LogP contribution in [0.2, 0.25) is 0 Å². The number of benzene rings is 1. The van der Waals surface area contributed by atoms with E-state index in [2.05, 4.69) is 33.7 Å². The highest BCUT2D eigenvalue weighted by Crippen LogP contribution is 2.28. The average Bonchev–Trinajstić information content (AvgIpc) is 2.85. The van der Waals surface area contributed by atoms with E-state index in [0.29, 0.717) is 17.5 Å². The normalized spacial score (nSPS) is 11.9. The highest BCUT2D eigenvalue weighted by molar-refractivity contribution is 7.18. The van der Waals surface area contributed by atoms with Crippen LogP contribution in [0.4, 0.5) is 5.13 Å². The zero-order valence-corrected chi connectivity index (χ0v) is 15.4. The van der Waals surface area contributed by atoms with Gasteiger partial charge in [0.05, 0.1) is 6.04 Å². The molecule has 0 bridgehead atoms. The fraction of sp³-hybridized carbons (Fsp3) is 0.438. The summed E-state index contributed by atoms with van der Waals surface area (Å²) in [6.45, 7) is 8.17. The Morgan fingerprint density at radius 3 is 2.39 bits per heavy atom. The van der Waals surface area contributed by atoms with Gasteiger partial charge in [-0.1, -0.05) is 42.4 Å². The number of nitrogens with two attached hydrogens (primary N) is 1. The average molecular weight is 355 g/mol. The third-order valence-corrected chi connectivity index (χ3v) is 4.07. The summed E-state index contributed by atoms with van der Waals surface area (Å²) in [5.74, 6) is 0.165. The van der Waals surface area contributed by atoms with Crippen molar-refractivity contribution in [2.45, 2.75) is 40.2 Å². The van der Waals surface area contributed by atoms with Crippen molar-refractivity contribution in [3.05, 3.63) is 29.3 Å². The van der Waals surface area contributed by atoms with Crippen molar-refractivity contribution < 1.29 is 4.79 Å². The minimum atomic E-state index is -0.520. The molecule has 0 unspecified atom stereocenters. The first-order valence-electron chi connectivity index (χ1n) is 7.33. The molecule has 1 aromatic heterocycles. The number of carbonyl (C=O) groups is 1. The lowest BCUT2D eigenvalue weighted by atomic mass is 10.0. The number of nitrogens with one attached hydrogen (secondary N) is 1. The Morgan fingerprint density at radius 2 is 1.83 bits per heavy atom. The molecule has 3 N–H and O–H groups in total. The van der Waals surface area contributed by atoms with Gasteiger partial charge in [-0.05, 0) is 38.3 Å². The lowest BCUT2D eigenvalue weighted by Gasteiger charge is -2.12. The second-order valence-corrected chi connectivity index (χ2v) is 6.99. The molecule has 0 aliphatic heterocycles. The van der Waals surface area contributed by atoms with E-state index in [1.54, 1.807) is 0 Å². The van der Waals surface area contributed by atoms with Crippen LogP contribution in [0.15, 0.2) is 18.2 Å². The molecular weight excluding hydrogens is 332 g/mol. The van der Waals surface area contributed by atoms with E-state index in [0.717, 1.165) is 10.6 Å². The van der Waals surface area contributed by atoms with Crippen molar-refractivity contribution in [2.75, 3.05) is 5.32 Å². The fourth-order valence-electron chi connectivity index (χ4n) is 2.30. The van der Waals surface area contributed by atoms with Gasteiger partial charge in [-0.15, -0.1) is 22.6 Å². The maximum Gasteiger partial charge on any atom is 0.243 e. The highest BCUT2D eigenvalue weighted by atomic mass is 35.5. The molecule has 2 rings (SSSR count). The second-order valence-electron chi connectivity index (χ2n) is 6.01. The molecule has 0 radical (unpaired) electrons. The molecule has 126 valence electrons. The minimum absolute atomic E-state index is 0. The van der Waals surface area contributed by atoms with Crippen LogP contribution in [0.1, 0.15) is 31.4 Å². The predicted molar refractivity (Wildman–Crippen MR) is 98.1 cm³/mol. The molecule has 1 aromatic carbocycles. The van der Waals surface area contributed by atoms with Crippen molar-refractivity contribution in [2.24, 2.45) is 11.7 Å². The lowest BCUT2D eigenvalue weighted by Crippen LogP contribution is -2.36. The maximum atomic E-state index is 12.0. The molecule has 23 heavy (non-hydrogen) atoms. The zero-order valence-electron chi connectivity index (χ0n) is 13.8. The largest absolute Gasteiger partial charge is 0.320 e. The Labute approximate surface area is 147 Å². The van der Waals surface area contributed by atoms with Gasteiger partial charge >= 0.3 is 0 Å². The monoisotopic (exact) mass is 354 g/mol. The van der Waals surface area contributed by atoms with E-state index in [-0.39, 0.29) is 18.3 Å². The molecule has 7 heteroatoms. The fourth-order valence-corrected chi connectivity index (χ4v) is 3.04. The highest BCUT2D eigenvalue weighted by Gasteiger charge is 2.17. The molecule has 1 atom stereocenters. The maximum absolute atomic E-state index is 12.0. The van der Waals surface area contributed by atoms with Crippen LogP contribution < -0.4 is 11.1 Å². The van der Waals surface area contributed by atoms with E-state index < -0.39 is 6.04 Å². The summed E-state index contributed by atoms with van der Waals surface area (Å²) in [5, 5.41) is 12.2. The summed E-state index contributed by atoms with van der Waals surface area (Å²) in [6.07, 6.45) is 0.647. The first-order chi connectivity index (χ1) is 10.3. The van der Waals surface area contributed by atoms with Crippen molar-refractivity contribution in [1.82, 2.24) is 10.2 Å². The Kier molecular flexibility index (Phi) is 7.12. The van der Waals surface area contributed by atoms with Gasteiger partial charge in [-0.2, -0.15) is 0 Å². The van der Waals surface area contributed by atoms with Gasteiger partial charge in [0.15, 0.2) is 0 Å². The number of aromatic nitrogens is 2. The molecule has 0 aliphatic carbocycles. The summed E-state index contributed by atoms with van der Waals surface area (Å²) in [7, 11) is 0. The number of aryl methyl sites for hydroxylation is 2. The standard InChI is InChI=1S/C16H22N4OS.ClH/c1-9(2)5-13(17)14(21)18-16-20-19-15(22-16)12-7-10(3)6-11(4)8-12;/h6-9,13H,5,17H2,1-4H3,(H,18,20,21);1H/t13-;/m0./s1. The summed E-state index contributed by atoms with van der Waals surface area (Å²) >= 11 is 1.36. The number of amides is 1. The molecule has 1 amide bonds. The summed E-state index contributed by atoms with van der Waals surface area (Å²) in [5.41, 5.74) is 9.24. The third kappa shape index (κ3) is 5.57. The molecule has 1 heterocycles. The smallest absolute Gasteiger partial charge is 0.243 e. The SMILES string of the molecule is Cc1cc(C)cc(-c2nnc(NC(=O)[C@@H](N)CC(C)C)s2)c1.Cl. The van der Waals surface area contributed by atoms with E-state index in [1.807, 2.05) is 27.7 Å². The number of nitrogens with zero attached hydrogens (tertiary/aromatic N) is 2. The molecule has 0 fully saturated rings. The number of anilines is 1.